The van der Waals surface area contributed by atoms with Gasteiger partial charge in [0.15, 0.2) is 0 Å². The third kappa shape index (κ3) is 17.7. The van der Waals surface area contributed by atoms with Crippen LogP contribution in [0.4, 0.5) is 0 Å². The molecule has 0 rings (SSSR count). The van der Waals surface area contributed by atoms with Crippen LogP contribution >= 0.6 is 0 Å². The number of ether oxygens (including phenoxy) is 1. The number of hydrogen-bond acceptors (Lipinski definition) is 3. The summed E-state index contributed by atoms with van der Waals surface area (Å²) in [5, 5.41) is 0. The number of carbonyl (C=O) groups excluding carboxylic acids is 2. The van der Waals surface area contributed by atoms with E-state index in [-0.39, 0.29) is 45.3 Å². The maximum absolute atomic E-state index is 9.81. The van der Waals surface area contributed by atoms with Crippen LogP contribution < -0.4 is 0 Å². The van der Waals surface area contributed by atoms with Crippen LogP contribution in [0.1, 0.15) is 13.8 Å². The summed E-state index contributed by atoms with van der Waals surface area (Å²) in [6.45, 7) is 2.36. The molecule has 0 aliphatic carbocycles. The average Bonchev–Trinajstić information content (AvgIpc) is 1.27. The molecule has 0 amide bonds. The topological polar surface area (TPSA) is 43.4 Å². The molecule has 5 heteroatoms. The van der Waals surface area contributed by atoms with Crippen molar-refractivity contribution in [2.75, 3.05) is 0 Å². The third-order valence-electron chi connectivity index (χ3n) is 0.287. The van der Waals surface area contributed by atoms with E-state index in [0.717, 1.165) is 0 Å². The first-order chi connectivity index (χ1) is 3.13. The van der Waals surface area contributed by atoms with Crippen LogP contribution in [0.3, 0.4) is 0 Å². The maximum atomic E-state index is 9.81. The summed E-state index contributed by atoms with van der Waals surface area (Å²) in [5.41, 5.74) is 0. The summed E-state index contributed by atoms with van der Waals surface area (Å²) in [6, 6.07) is 0. The van der Waals surface area contributed by atoms with Crippen LogP contribution in [0.5, 0.6) is 0 Å². The average molecular weight is 383 g/mol. The molecular weight excluding hydrogens is 377 g/mol. The fourth-order valence-electron chi connectivity index (χ4n) is 0.202. The van der Waals surface area contributed by atoms with Gasteiger partial charge in [0.25, 0.3) is 0 Å². The van der Waals surface area contributed by atoms with Crippen LogP contribution in [0.25, 0.3) is 0 Å². The first kappa shape index (κ1) is 16.3. The molecule has 0 fully saturated rings. The first-order valence-electron chi connectivity index (χ1n) is 1.82. The van der Waals surface area contributed by atoms with Crippen LogP contribution in [0.15, 0.2) is 0 Å². The van der Waals surface area contributed by atoms with Crippen molar-refractivity contribution < 1.29 is 59.6 Å². The summed E-state index contributed by atoms with van der Waals surface area (Å²) in [6.07, 6.45) is 0. The van der Waals surface area contributed by atoms with Crippen molar-refractivity contribution >= 4 is 11.9 Å². The Labute approximate surface area is 85.1 Å². The predicted octanol–water partition coefficient (Wildman–Crippen LogP) is 0.0910. The second-order valence-corrected chi connectivity index (χ2v) is 1.09. The maximum Gasteiger partial charge on any atom is 0.310 e. The zero-order chi connectivity index (χ0) is 5.86. The van der Waals surface area contributed by atoms with E-state index in [1.165, 1.54) is 13.8 Å². The molecule has 0 bridgehead atoms. The minimum Gasteiger partial charge on any atom is -0.394 e. The number of esters is 2. The van der Waals surface area contributed by atoms with Gasteiger partial charge in [-0.1, -0.05) is 0 Å². The Bertz CT molecular complexity index is 92.0. The van der Waals surface area contributed by atoms with Gasteiger partial charge in [-0.2, -0.15) is 0 Å². The molecule has 0 N–H and O–H groups in total. The predicted molar refractivity (Wildman–Crippen MR) is 22.4 cm³/mol. The molecule has 0 aliphatic rings. The molecule has 0 unspecified atom stereocenters. The molecule has 0 spiro atoms. The molecule has 0 saturated heterocycles. The Morgan fingerprint density at radius 2 is 1.33 bits per heavy atom. The largest absolute Gasteiger partial charge is 0.394 e. The molecule has 0 saturated carbocycles. The van der Waals surface area contributed by atoms with E-state index >= 15 is 0 Å². The fraction of sp³-hybridized carbons (Fsp3) is 0.500. The second kappa shape index (κ2) is 8.63. The Morgan fingerprint density at radius 3 is 1.33 bits per heavy atom. The summed E-state index contributed by atoms with van der Waals surface area (Å²) in [4.78, 5) is 19.6. The number of hydrogen-bond donors (Lipinski definition) is 0. The SMILES string of the molecule is CC(=O)OC(C)=O.[Hf].[Rh]. The van der Waals surface area contributed by atoms with Crippen molar-refractivity contribution in [3.63, 3.8) is 0 Å². The summed E-state index contributed by atoms with van der Waals surface area (Å²) < 4.78 is 3.97. The van der Waals surface area contributed by atoms with E-state index in [2.05, 4.69) is 4.74 Å². The van der Waals surface area contributed by atoms with Crippen molar-refractivity contribution in [1.82, 2.24) is 0 Å². The van der Waals surface area contributed by atoms with Crippen molar-refractivity contribution in [3.05, 3.63) is 0 Å². The summed E-state index contributed by atoms with van der Waals surface area (Å²) >= 11 is 0. The molecule has 0 heterocycles. The second-order valence-electron chi connectivity index (χ2n) is 1.09. The first-order valence-corrected chi connectivity index (χ1v) is 1.82. The smallest absolute Gasteiger partial charge is 0.310 e. The molecule has 0 aliphatic heterocycles. The van der Waals surface area contributed by atoms with Crippen molar-refractivity contribution in [2.24, 2.45) is 0 Å². The zero-order valence-electron chi connectivity index (χ0n) is 5.06. The fourth-order valence-corrected chi connectivity index (χ4v) is 0.202. The number of carbonyl (C=O) groups is 2. The molecule has 0 aromatic rings. The Balaban J connectivity index is -0.000000180. The summed E-state index contributed by atoms with van der Waals surface area (Å²) in [5.74, 6) is -1.12. The minimum atomic E-state index is -0.562. The van der Waals surface area contributed by atoms with Gasteiger partial charge < -0.3 is 4.74 Å². The standard InChI is InChI=1S/C4H6O3.Hf.Rh/c1-3(5)7-4(2)6;;/h1-2H3;;. The van der Waals surface area contributed by atoms with Crippen LogP contribution in [-0.2, 0) is 59.6 Å². The van der Waals surface area contributed by atoms with Crippen molar-refractivity contribution in [1.29, 1.82) is 0 Å². The molecule has 0 atom stereocenters. The van der Waals surface area contributed by atoms with Crippen LogP contribution in [0, 0.1) is 0 Å². The van der Waals surface area contributed by atoms with E-state index in [1.807, 2.05) is 0 Å². The summed E-state index contributed by atoms with van der Waals surface area (Å²) in [7, 11) is 0. The van der Waals surface area contributed by atoms with E-state index in [1.54, 1.807) is 0 Å². The van der Waals surface area contributed by atoms with Gasteiger partial charge in [0.05, 0.1) is 0 Å². The quantitative estimate of drug-likeness (QED) is 0.338. The van der Waals surface area contributed by atoms with Crippen LogP contribution in [-0.4, -0.2) is 11.9 Å². The zero-order valence-corrected chi connectivity index (χ0v) is 10.3. The van der Waals surface area contributed by atoms with E-state index in [9.17, 15) is 9.59 Å². The normalized spacial score (nSPS) is 6.00. The van der Waals surface area contributed by atoms with Gasteiger partial charge in [0.1, 0.15) is 0 Å². The van der Waals surface area contributed by atoms with E-state index < -0.39 is 11.9 Å². The Hall–Kier alpha value is 0.634. The van der Waals surface area contributed by atoms with Gasteiger partial charge >= 0.3 is 11.9 Å². The molecule has 53 valence electrons. The molecule has 0 aromatic carbocycles. The van der Waals surface area contributed by atoms with Gasteiger partial charge in [-0.25, -0.2) is 0 Å². The van der Waals surface area contributed by atoms with Gasteiger partial charge in [-0.05, 0) is 0 Å². The van der Waals surface area contributed by atoms with Gasteiger partial charge in [-0.15, -0.1) is 0 Å². The molecule has 9 heavy (non-hydrogen) atoms. The molecular formula is C4H6HfO3Rh. The van der Waals surface area contributed by atoms with Crippen molar-refractivity contribution in [2.45, 2.75) is 13.8 Å². The van der Waals surface area contributed by atoms with Gasteiger partial charge in [-0.3, -0.25) is 9.59 Å². The molecule has 1 radical (unpaired) electrons. The number of rotatable bonds is 0. The Morgan fingerprint density at radius 1 is 1.11 bits per heavy atom. The minimum absolute atomic E-state index is 0. The molecule has 0 aromatic heterocycles. The van der Waals surface area contributed by atoms with E-state index in [0.29, 0.717) is 0 Å². The monoisotopic (exact) mass is 385 g/mol. The van der Waals surface area contributed by atoms with Gasteiger partial charge in [0.2, 0.25) is 0 Å². The van der Waals surface area contributed by atoms with E-state index in [4.69, 9.17) is 0 Å². The molecule has 3 nitrogen and oxygen atoms in total. The van der Waals surface area contributed by atoms with Crippen LogP contribution in [0.2, 0.25) is 0 Å². The van der Waals surface area contributed by atoms with Crippen molar-refractivity contribution in [3.8, 4) is 0 Å². The van der Waals surface area contributed by atoms with Gasteiger partial charge in [0, 0.05) is 59.2 Å². The Kier molecular flexibility index (Phi) is 15.7. The third-order valence-corrected chi connectivity index (χ3v) is 0.287.